The number of nitrogens with one attached hydrogen (secondary N) is 2. The maximum atomic E-state index is 12.9. The van der Waals surface area contributed by atoms with E-state index in [0.29, 0.717) is 23.6 Å². The normalized spacial score (nSPS) is 10.9. The molecule has 10 heteroatoms. The van der Waals surface area contributed by atoms with Crippen LogP contribution in [0.5, 0.6) is 0 Å². The number of aryl methyl sites for hydroxylation is 1. The smallest absolute Gasteiger partial charge is 0.319 e. The first-order valence-electron chi connectivity index (χ1n) is 9.67. The van der Waals surface area contributed by atoms with Crippen molar-refractivity contribution in [3.8, 4) is 11.4 Å². The summed E-state index contributed by atoms with van der Waals surface area (Å²) in [6.45, 7) is 2.22. The van der Waals surface area contributed by atoms with Crippen molar-refractivity contribution >= 4 is 11.7 Å². The zero-order valence-corrected chi connectivity index (χ0v) is 17.0. The van der Waals surface area contributed by atoms with Gasteiger partial charge in [-0.05, 0) is 60.6 Å². The van der Waals surface area contributed by atoms with Crippen LogP contribution in [0.1, 0.15) is 18.4 Å². The fourth-order valence-electron chi connectivity index (χ4n) is 2.97. The van der Waals surface area contributed by atoms with Crippen LogP contribution in [0.3, 0.4) is 0 Å². The van der Waals surface area contributed by atoms with E-state index in [0.717, 1.165) is 31.5 Å². The molecule has 0 fully saturated rings. The lowest BCUT2D eigenvalue weighted by Gasteiger charge is -2.16. The Morgan fingerprint density at radius 2 is 2.00 bits per heavy atom. The van der Waals surface area contributed by atoms with Crippen LogP contribution < -0.4 is 10.6 Å². The zero-order valence-electron chi connectivity index (χ0n) is 17.0. The fraction of sp³-hybridized carbons (Fsp3) is 0.350. The van der Waals surface area contributed by atoms with Gasteiger partial charge in [-0.25, -0.2) is 13.9 Å². The van der Waals surface area contributed by atoms with Crippen molar-refractivity contribution in [1.82, 2.24) is 35.4 Å². The third-order valence-electron chi connectivity index (χ3n) is 4.49. The molecule has 3 aromatic rings. The molecule has 9 nitrogen and oxygen atoms in total. The number of benzene rings is 1. The van der Waals surface area contributed by atoms with Gasteiger partial charge in [-0.2, -0.15) is 0 Å². The molecule has 30 heavy (non-hydrogen) atoms. The minimum absolute atomic E-state index is 0.223. The molecule has 1 aromatic carbocycles. The highest BCUT2D eigenvalue weighted by Crippen LogP contribution is 2.17. The van der Waals surface area contributed by atoms with Gasteiger partial charge in [-0.3, -0.25) is 4.98 Å². The van der Waals surface area contributed by atoms with Crippen LogP contribution in [0, 0.1) is 5.82 Å². The standard InChI is InChI=1S/C20H25FN8O/c1-28(14-15-5-7-17(21)8-6-15)10-4-3-9-23-20(30)24-18-11-16(12-22-13-18)19-25-26-27-29(19)2/h5-8,11-13H,3-4,9-10,14H2,1-2H3,(H2,23,24,30). The van der Waals surface area contributed by atoms with Crippen molar-refractivity contribution in [2.24, 2.45) is 7.05 Å². The van der Waals surface area contributed by atoms with Crippen LogP contribution in [0.15, 0.2) is 42.7 Å². The number of unbranched alkanes of at least 4 members (excludes halogenated alkanes) is 1. The number of pyridine rings is 1. The maximum Gasteiger partial charge on any atom is 0.319 e. The first kappa shape index (κ1) is 21.3. The van der Waals surface area contributed by atoms with Crippen LogP contribution in [-0.2, 0) is 13.6 Å². The molecule has 0 aliphatic carbocycles. The summed E-state index contributed by atoms with van der Waals surface area (Å²) in [6.07, 6.45) is 4.99. The Balaban J connectivity index is 1.35. The highest BCUT2D eigenvalue weighted by Gasteiger charge is 2.09. The predicted octanol–water partition coefficient (Wildman–Crippen LogP) is 2.44. The van der Waals surface area contributed by atoms with E-state index < -0.39 is 0 Å². The summed E-state index contributed by atoms with van der Waals surface area (Å²) in [5.74, 6) is 0.343. The molecular formula is C20H25FN8O. The lowest BCUT2D eigenvalue weighted by molar-refractivity contribution is 0.251. The number of anilines is 1. The molecule has 0 aliphatic rings. The predicted molar refractivity (Wildman–Crippen MR) is 111 cm³/mol. The molecule has 0 saturated heterocycles. The van der Waals surface area contributed by atoms with Gasteiger partial charge in [0.1, 0.15) is 5.82 Å². The second-order valence-corrected chi connectivity index (χ2v) is 7.04. The van der Waals surface area contributed by atoms with Crippen molar-refractivity contribution in [3.05, 3.63) is 54.1 Å². The van der Waals surface area contributed by atoms with E-state index in [9.17, 15) is 9.18 Å². The third kappa shape index (κ3) is 6.31. The number of hydrogen-bond acceptors (Lipinski definition) is 6. The summed E-state index contributed by atoms with van der Waals surface area (Å²) >= 11 is 0. The molecule has 0 saturated carbocycles. The first-order valence-corrected chi connectivity index (χ1v) is 9.67. The monoisotopic (exact) mass is 412 g/mol. The molecule has 2 amide bonds. The van der Waals surface area contributed by atoms with Crippen LogP contribution >= 0.6 is 0 Å². The number of nitrogens with zero attached hydrogens (tertiary/aromatic N) is 6. The second kappa shape index (κ2) is 10.4. The molecule has 0 aliphatic heterocycles. The Morgan fingerprint density at radius 3 is 2.73 bits per heavy atom. The van der Waals surface area contributed by atoms with Crippen molar-refractivity contribution in [2.45, 2.75) is 19.4 Å². The SMILES string of the molecule is CN(CCCCNC(=O)Nc1cncc(-c2nnnn2C)c1)Cc1ccc(F)cc1. The van der Waals surface area contributed by atoms with Crippen LogP contribution in [0.4, 0.5) is 14.9 Å². The van der Waals surface area contributed by atoms with Crippen molar-refractivity contribution < 1.29 is 9.18 Å². The molecule has 0 radical (unpaired) electrons. The van der Waals surface area contributed by atoms with Crippen LogP contribution in [0.2, 0.25) is 0 Å². The lowest BCUT2D eigenvalue weighted by Crippen LogP contribution is -2.30. The Hall–Kier alpha value is -3.40. The number of urea groups is 1. The topological polar surface area (TPSA) is 101 Å². The molecule has 158 valence electrons. The van der Waals surface area contributed by atoms with Gasteiger partial charge in [0.05, 0.1) is 11.9 Å². The van der Waals surface area contributed by atoms with Crippen LogP contribution in [-0.4, -0.2) is 56.3 Å². The van der Waals surface area contributed by atoms with Gasteiger partial charge in [-0.1, -0.05) is 12.1 Å². The molecule has 0 unspecified atom stereocenters. The van der Waals surface area contributed by atoms with Gasteiger partial charge in [0.2, 0.25) is 0 Å². The van der Waals surface area contributed by atoms with Gasteiger partial charge in [0.15, 0.2) is 5.82 Å². The van der Waals surface area contributed by atoms with Crippen molar-refractivity contribution in [1.29, 1.82) is 0 Å². The molecule has 0 atom stereocenters. The minimum atomic E-state index is -0.287. The number of carbonyl (C=O) groups excluding carboxylic acids is 1. The van der Waals surface area contributed by atoms with Crippen molar-refractivity contribution in [2.75, 3.05) is 25.5 Å². The fourth-order valence-corrected chi connectivity index (χ4v) is 2.97. The third-order valence-corrected chi connectivity index (χ3v) is 4.49. The van der Waals surface area contributed by atoms with E-state index in [1.807, 2.05) is 7.05 Å². The Kier molecular flexibility index (Phi) is 7.39. The van der Waals surface area contributed by atoms with Gasteiger partial charge in [-0.15, -0.1) is 5.10 Å². The van der Waals surface area contributed by atoms with Gasteiger partial charge in [0, 0.05) is 31.9 Å². The molecule has 2 N–H and O–H groups in total. The number of carbonyl (C=O) groups is 1. The van der Waals surface area contributed by atoms with Crippen molar-refractivity contribution in [3.63, 3.8) is 0 Å². The van der Waals surface area contributed by atoms with E-state index in [4.69, 9.17) is 0 Å². The minimum Gasteiger partial charge on any atom is -0.338 e. The largest absolute Gasteiger partial charge is 0.338 e. The first-order chi connectivity index (χ1) is 14.5. The van der Waals surface area contributed by atoms with Gasteiger partial charge >= 0.3 is 6.03 Å². The molecule has 0 spiro atoms. The van der Waals surface area contributed by atoms with E-state index in [1.54, 1.807) is 37.6 Å². The highest BCUT2D eigenvalue weighted by molar-refractivity contribution is 5.89. The highest BCUT2D eigenvalue weighted by atomic mass is 19.1. The summed E-state index contributed by atoms with van der Waals surface area (Å²) in [7, 11) is 3.76. The molecular weight excluding hydrogens is 387 g/mol. The van der Waals surface area contributed by atoms with Gasteiger partial charge < -0.3 is 15.5 Å². The Bertz CT molecular complexity index is 959. The van der Waals surface area contributed by atoms with Gasteiger partial charge in [0.25, 0.3) is 0 Å². The van der Waals surface area contributed by atoms with Crippen LogP contribution in [0.25, 0.3) is 11.4 Å². The second-order valence-electron chi connectivity index (χ2n) is 7.04. The molecule has 3 rings (SSSR count). The number of halogens is 1. The average molecular weight is 412 g/mol. The Morgan fingerprint density at radius 1 is 1.20 bits per heavy atom. The average Bonchev–Trinajstić information content (AvgIpc) is 3.15. The summed E-state index contributed by atoms with van der Waals surface area (Å²) in [5.41, 5.74) is 2.35. The number of rotatable bonds is 9. The number of tetrazole rings is 1. The summed E-state index contributed by atoms with van der Waals surface area (Å²) < 4.78 is 14.5. The summed E-state index contributed by atoms with van der Waals surface area (Å²) in [4.78, 5) is 18.4. The van der Waals surface area contributed by atoms with E-state index >= 15 is 0 Å². The molecule has 2 aromatic heterocycles. The quantitative estimate of drug-likeness (QED) is 0.524. The number of aromatic nitrogens is 5. The van der Waals surface area contributed by atoms with E-state index in [1.165, 1.54) is 16.8 Å². The lowest BCUT2D eigenvalue weighted by atomic mass is 10.2. The maximum absolute atomic E-state index is 12.9. The molecule has 0 bridgehead atoms. The molecule has 2 heterocycles. The summed E-state index contributed by atoms with van der Waals surface area (Å²) in [5, 5.41) is 16.9. The van der Waals surface area contributed by atoms with E-state index in [-0.39, 0.29) is 11.8 Å². The zero-order chi connectivity index (χ0) is 21.3. The number of amides is 2. The summed E-state index contributed by atoms with van der Waals surface area (Å²) in [6, 6.07) is 8.01. The van der Waals surface area contributed by atoms with E-state index in [2.05, 4.69) is 36.0 Å². The Labute approximate surface area is 174 Å². The number of hydrogen-bond donors (Lipinski definition) is 2.